The monoisotopic (exact) mass is 263 g/mol. The Morgan fingerprint density at radius 3 is 2.32 bits per heavy atom. The molecule has 19 heavy (non-hydrogen) atoms. The molecule has 0 saturated heterocycles. The van der Waals surface area contributed by atoms with Crippen molar-refractivity contribution >= 4 is 5.78 Å². The van der Waals surface area contributed by atoms with Gasteiger partial charge in [0.25, 0.3) is 0 Å². The molecule has 0 spiro atoms. The largest absolute Gasteiger partial charge is 0.383 e. The third-order valence-corrected chi connectivity index (χ3v) is 3.19. The van der Waals surface area contributed by atoms with Crippen LogP contribution in [0.4, 0.5) is 0 Å². The zero-order valence-corrected chi connectivity index (χ0v) is 12.6. The van der Waals surface area contributed by atoms with E-state index < -0.39 is 0 Å². The summed E-state index contributed by atoms with van der Waals surface area (Å²) >= 11 is 0. The maximum absolute atomic E-state index is 12.2. The first-order chi connectivity index (χ1) is 8.86. The van der Waals surface area contributed by atoms with Gasteiger partial charge in [0.05, 0.1) is 12.6 Å². The van der Waals surface area contributed by atoms with E-state index in [9.17, 15) is 4.79 Å². The average Bonchev–Trinajstić information content (AvgIpc) is 2.37. The van der Waals surface area contributed by atoms with E-state index in [0.29, 0.717) is 13.2 Å². The molecule has 0 heterocycles. The Morgan fingerprint density at radius 1 is 1.26 bits per heavy atom. The Balaban J connectivity index is 2.67. The summed E-state index contributed by atoms with van der Waals surface area (Å²) in [6.45, 7) is 9.68. The van der Waals surface area contributed by atoms with E-state index in [-0.39, 0.29) is 17.2 Å². The average molecular weight is 263 g/mol. The Labute approximate surface area is 116 Å². The van der Waals surface area contributed by atoms with Crippen LogP contribution in [0.15, 0.2) is 24.3 Å². The molecule has 1 N–H and O–H groups in total. The van der Waals surface area contributed by atoms with Gasteiger partial charge in [-0.3, -0.25) is 4.79 Å². The Hall–Kier alpha value is -1.19. The lowest BCUT2D eigenvalue weighted by Crippen LogP contribution is -2.36. The summed E-state index contributed by atoms with van der Waals surface area (Å²) in [5.41, 5.74) is 2.11. The molecular formula is C16H25NO2. The number of benzene rings is 1. The van der Waals surface area contributed by atoms with Gasteiger partial charge in [-0.2, -0.15) is 0 Å². The summed E-state index contributed by atoms with van der Waals surface area (Å²) in [6, 6.07) is 7.72. The van der Waals surface area contributed by atoms with Crippen molar-refractivity contribution in [3.05, 3.63) is 35.4 Å². The maximum atomic E-state index is 12.2. The van der Waals surface area contributed by atoms with Gasteiger partial charge in [0.15, 0.2) is 5.78 Å². The molecule has 0 aliphatic heterocycles. The molecule has 0 saturated carbocycles. The van der Waals surface area contributed by atoms with Crippen molar-refractivity contribution in [1.29, 1.82) is 0 Å². The van der Waals surface area contributed by atoms with E-state index in [2.05, 4.69) is 26.1 Å². The van der Waals surface area contributed by atoms with Gasteiger partial charge in [0.2, 0.25) is 0 Å². The second-order valence-electron chi connectivity index (χ2n) is 5.86. The van der Waals surface area contributed by atoms with Gasteiger partial charge in [0, 0.05) is 19.2 Å². The van der Waals surface area contributed by atoms with Crippen LogP contribution in [0.1, 0.15) is 43.6 Å². The van der Waals surface area contributed by atoms with Crippen LogP contribution >= 0.6 is 0 Å². The summed E-state index contributed by atoms with van der Waals surface area (Å²) in [5.74, 6) is 0.122. The molecule has 0 bridgehead atoms. The van der Waals surface area contributed by atoms with Crippen molar-refractivity contribution in [3.8, 4) is 0 Å². The summed E-state index contributed by atoms with van der Waals surface area (Å²) < 4.78 is 4.96. The van der Waals surface area contributed by atoms with E-state index in [4.69, 9.17) is 4.74 Å². The van der Waals surface area contributed by atoms with Gasteiger partial charge < -0.3 is 10.1 Å². The molecule has 0 aliphatic carbocycles. The maximum Gasteiger partial charge on any atom is 0.179 e. The summed E-state index contributed by atoms with van der Waals surface area (Å²) in [6.07, 6.45) is 0. The number of hydrogen-bond acceptors (Lipinski definition) is 3. The minimum Gasteiger partial charge on any atom is -0.383 e. The molecule has 0 aromatic heterocycles. The van der Waals surface area contributed by atoms with Crippen LogP contribution in [0.2, 0.25) is 0 Å². The fourth-order valence-electron chi connectivity index (χ4n) is 1.85. The highest BCUT2D eigenvalue weighted by atomic mass is 16.5. The normalized spacial score (nSPS) is 13.3. The van der Waals surface area contributed by atoms with Crippen LogP contribution in [0.5, 0.6) is 0 Å². The van der Waals surface area contributed by atoms with Gasteiger partial charge in [0.1, 0.15) is 0 Å². The summed E-state index contributed by atoms with van der Waals surface area (Å²) in [4.78, 5) is 12.2. The molecule has 1 rings (SSSR count). The Morgan fingerprint density at radius 2 is 1.84 bits per heavy atom. The highest BCUT2D eigenvalue weighted by molar-refractivity contribution is 5.99. The zero-order valence-electron chi connectivity index (χ0n) is 12.6. The van der Waals surface area contributed by atoms with Crippen molar-refractivity contribution < 1.29 is 9.53 Å². The van der Waals surface area contributed by atoms with E-state index in [1.165, 1.54) is 5.56 Å². The van der Waals surface area contributed by atoms with Crippen LogP contribution in [0.3, 0.4) is 0 Å². The number of hydrogen-bond donors (Lipinski definition) is 1. The quantitative estimate of drug-likeness (QED) is 0.633. The van der Waals surface area contributed by atoms with Crippen LogP contribution in [-0.2, 0) is 10.2 Å². The van der Waals surface area contributed by atoms with Gasteiger partial charge in [-0.1, -0.05) is 45.0 Å². The Kier molecular flexibility index (Phi) is 5.70. The molecule has 1 aromatic carbocycles. The molecule has 3 nitrogen and oxygen atoms in total. The fourth-order valence-corrected chi connectivity index (χ4v) is 1.85. The van der Waals surface area contributed by atoms with E-state index in [0.717, 1.165) is 5.56 Å². The molecule has 0 radical (unpaired) electrons. The van der Waals surface area contributed by atoms with E-state index in [1.807, 2.05) is 31.2 Å². The molecule has 1 unspecified atom stereocenters. The first kappa shape index (κ1) is 15.9. The van der Waals surface area contributed by atoms with Crippen molar-refractivity contribution in [2.75, 3.05) is 20.3 Å². The molecule has 0 aliphatic rings. The topological polar surface area (TPSA) is 38.3 Å². The Bertz CT molecular complexity index is 404. The van der Waals surface area contributed by atoms with Crippen molar-refractivity contribution in [2.45, 2.75) is 39.2 Å². The van der Waals surface area contributed by atoms with E-state index in [1.54, 1.807) is 7.11 Å². The minimum atomic E-state index is -0.185. The zero-order chi connectivity index (χ0) is 14.5. The molecule has 1 aromatic rings. The molecular weight excluding hydrogens is 238 g/mol. The second-order valence-corrected chi connectivity index (χ2v) is 5.86. The third-order valence-electron chi connectivity index (χ3n) is 3.19. The van der Waals surface area contributed by atoms with Crippen LogP contribution < -0.4 is 5.32 Å². The molecule has 106 valence electrons. The smallest absolute Gasteiger partial charge is 0.179 e. The van der Waals surface area contributed by atoms with Gasteiger partial charge >= 0.3 is 0 Å². The summed E-state index contributed by atoms with van der Waals surface area (Å²) in [5, 5.41) is 3.15. The lowest BCUT2D eigenvalue weighted by Gasteiger charge is -2.19. The number of nitrogens with one attached hydrogen (secondary N) is 1. The second kappa shape index (κ2) is 6.83. The predicted molar refractivity (Wildman–Crippen MR) is 78.8 cm³/mol. The van der Waals surface area contributed by atoms with Crippen molar-refractivity contribution in [2.24, 2.45) is 0 Å². The van der Waals surface area contributed by atoms with Crippen LogP contribution in [0.25, 0.3) is 0 Å². The van der Waals surface area contributed by atoms with Gasteiger partial charge in [-0.15, -0.1) is 0 Å². The first-order valence-corrected chi connectivity index (χ1v) is 6.73. The third kappa shape index (κ3) is 4.77. The minimum absolute atomic E-state index is 0.115. The lowest BCUT2D eigenvalue weighted by atomic mass is 9.86. The highest BCUT2D eigenvalue weighted by Crippen LogP contribution is 2.22. The molecule has 3 heteroatoms. The fraction of sp³-hybridized carbons (Fsp3) is 0.562. The predicted octanol–water partition coefficient (Wildman–Crippen LogP) is 2.79. The number of carbonyl (C=O) groups is 1. The molecule has 0 fully saturated rings. The molecule has 0 amide bonds. The number of methoxy groups -OCH3 is 1. The SMILES string of the molecule is COCCNC(C)C(=O)c1ccc(C(C)(C)C)cc1. The highest BCUT2D eigenvalue weighted by Gasteiger charge is 2.17. The number of ketones is 1. The van der Waals surface area contributed by atoms with Crippen molar-refractivity contribution in [1.82, 2.24) is 5.32 Å². The summed E-state index contributed by atoms with van der Waals surface area (Å²) in [7, 11) is 1.65. The number of ether oxygens (including phenoxy) is 1. The number of carbonyl (C=O) groups excluding carboxylic acids is 1. The van der Waals surface area contributed by atoms with Crippen LogP contribution in [-0.4, -0.2) is 32.1 Å². The van der Waals surface area contributed by atoms with Gasteiger partial charge in [-0.25, -0.2) is 0 Å². The van der Waals surface area contributed by atoms with Crippen LogP contribution in [0, 0.1) is 0 Å². The van der Waals surface area contributed by atoms with E-state index >= 15 is 0 Å². The number of Topliss-reactive ketones (excluding diaryl/α,β-unsaturated/α-hetero) is 1. The molecule has 1 atom stereocenters. The standard InChI is InChI=1S/C16H25NO2/c1-12(17-10-11-19-5)15(18)13-6-8-14(9-7-13)16(2,3)4/h6-9,12,17H,10-11H2,1-5H3. The lowest BCUT2D eigenvalue weighted by molar-refractivity contribution is 0.0945. The number of rotatable bonds is 6. The van der Waals surface area contributed by atoms with Crippen molar-refractivity contribution in [3.63, 3.8) is 0 Å². The van der Waals surface area contributed by atoms with Gasteiger partial charge in [-0.05, 0) is 17.9 Å². The first-order valence-electron chi connectivity index (χ1n) is 6.73.